The fraction of sp³-hybridized carbons (Fsp3) is 0.486. The van der Waals surface area contributed by atoms with Gasteiger partial charge in [0.1, 0.15) is 24.4 Å². The first-order chi connectivity index (χ1) is 23.5. The molecular formula is C35H44N6O9. The second-order valence-electron chi connectivity index (χ2n) is 14.0. The van der Waals surface area contributed by atoms with Gasteiger partial charge in [-0.15, -0.1) is 0 Å². The molecule has 0 N–H and O–H groups in total. The van der Waals surface area contributed by atoms with Crippen LogP contribution in [-0.2, 0) is 25.6 Å². The van der Waals surface area contributed by atoms with Crippen LogP contribution in [0.4, 0.5) is 21.0 Å². The second kappa shape index (κ2) is 14.3. The molecule has 0 aliphatic carbocycles. The van der Waals surface area contributed by atoms with Gasteiger partial charge in [-0.05, 0) is 53.2 Å². The summed E-state index contributed by atoms with van der Waals surface area (Å²) in [5.74, 6) is -1.63. The highest BCUT2D eigenvalue weighted by Crippen LogP contribution is 2.31. The maximum absolute atomic E-state index is 14.2. The van der Waals surface area contributed by atoms with Crippen LogP contribution in [0, 0.1) is 0 Å². The van der Waals surface area contributed by atoms with E-state index in [1.807, 2.05) is 56.0 Å². The van der Waals surface area contributed by atoms with E-state index in [0.29, 0.717) is 31.9 Å². The van der Waals surface area contributed by atoms with Gasteiger partial charge in [0.15, 0.2) is 11.3 Å². The maximum Gasteiger partial charge on any atom is 0.410 e. The molecule has 0 saturated carbocycles. The van der Waals surface area contributed by atoms with Gasteiger partial charge in [0.05, 0.1) is 18.5 Å². The highest BCUT2D eigenvalue weighted by atomic mass is 16.6. The number of pyridine rings is 1. The molecule has 2 saturated heterocycles. The Labute approximate surface area is 290 Å². The van der Waals surface area contributed by atoms with Crippen molar-refractivity contribution in [1.29, 1.82) is 0 Å². The summed E-state index contributed by atoms with van der Waals surface area (Å²) in [7, 11) is 1.17. The largest absolute Gasteiger partial charge is 0.481 e. The van der Waals surface area contributed by atoms with E-state index in [2.05, 4.69) is 4.98 Å². The number of rotatable bonds is 6. The molecule has 2 aromatic heterocycles. The number of carbonyl (C=O) groups excluding carboxylic acids is 4. The summed E-state index contributed by atoms with van der Waals surface area (Å²) >= 11 is 0. The summed E-state index contributed by atoms with van der Waals surface area (Å²) in [5.41, 5.74) is -0.791. The van der Waals surface area contributed by atoms with Crippen molar-refractivity contribution in [2.75, 3.05) is 62.7 Å². The molecule has 5 rings (SSSR count). The smallest absolute Gasteiger partial charge is 0.410 e. The first-order valence-corrected chi connectivity index (χ1v) is 16.4. The van der Waals surface area contributed by atoms with Gasteiger partial charge in [-0.2, -0.15) is 0 Å². The summed E-state index contributed by atoms with van der Waals surface area (Å²) in [4.78, 5) is 77.4. The molecule has 3 amide bonds. The van der Waals surface area contributed by atoms with Crippen LogP contribution in [0.1, 0.15) is 57.6 Å². The number of aromatic nitrogens is 2. The molecule has 2 aliphatic rings. The summed E-state index contributed by atoms with van der Waals surface area (Å²) in [6.45, 7) is 12.1. The van der Waals surface area contributed by atoms with Crippen molar-refractivity contribution < 1.29 is 38.1 Å². The third-order valence-electron chi connectivity index (χ3n) is 7.91. The molecule has 0 unspecified atom stereocenters. The standard InChI is InChI=1S/C35H44N6O9/c1-34(2,3)49-32(45)38-15-13-37(14-16-38)24-19-25(40-18-17-39(21-26(40)42)33(46)50-35(4,5)6)29-36-27(31(44)47-7)28(30(43)41(29)20-24)48-22-23-11-9-8-10-12-23/h8-12,19-20H,13-18,21-22H2,1-7H3. The maximum atomic E-state index is 14.2. The van der Waals surface area contributed by atoms with E-state index in [9.17, 15) is 24.0 Å². The monoisotopic (exact) mass is 692 g/mol. The van der Waals surface area contributed by atoms with Gasteiger partial charge in [0.2, 0.25) is 11.7 Å². The fourth-order valence-electron chi connectivity index (χ4n) is 5.54. The Bertz CT molecular complexity index is 1820. The van der Waals surface area contributed by atoms with Crippen molar-refractivity contribution in [1.82, 2.24) is 19.2 Å². The van der Waals surface area contributed by atoms with Crippen LogP contribution in [-0.4, -0.2) is 107 Å². The van der Waals surface area contributed by atoms with Crippen molar-refractivity contribution in [3.8, 4) is 5.75 Å². The fourth-order valence-corrected chi connectivity index (χ4v) is 5.54. The van der Waals surface area contributed by atoms with Crippen LogP contribution in [0.15, 0.2) is 47.4 Å². The second-order valence-corrected chi connectivity index (χ2v) is 14.0. The summed E-state index contributed by atoms with van der Waals surface area (Å²) < 4.78 is 23.2. The van der Waals surface area contributed by atoms with Gasteiger partial charge >= 0.3 is 23.7 Å². The Hall–Kier alpha value is -5.34. The number of amides is 3. The van der Waals surface area contributed by atoms with E-state index in [0.717, 1.165) is 5.56 Å². The van der Waals surface area contributed by atoms with Crippen LogP contribution in [0.2, 0.25) is 0 Å². The minimum Gasteiger partial charge on any atom is -0.481 e. The lowest BCUT2D eigenvalue weighted by Gasteiger charge is -2.38. The number of piperazine rings is 2. The van der Waals surface area contributed by atoms with Crippen LogP contribution < -0.4 is 20.1 Å². The van der Waals surface area contributed by atoms with Gasteiger partial charge in [-0.25, -0.2) is 19.4 Å². The quantitative estimate of drug-likeness (QED) is 0.275. The highest BCUT2D eigenvalue weighted by molar-refractivity contribution is 6.01. The minimum atomic E-state index is -0.887. The number of hydrogen-bond acceptors (Lipinski definition) is 11. The molecule has 15 nitrogen and oxygen atoms in total. The number of anilines is 2. The normalized spacial score (nSPS) is 15.6. The predicted octanol–water partition coefficient (Wildman–Crippen LogP) is 3.70. The average Bonchev–Trinajstić information content (AvgIpc) is 3.06. The number of esters is 1. The average molecular weight is 693 g/mol. The van der Waals surface area contributed by atoms with E-state index in [1.165, 1.54) is 21.3 Å². The Morgan fingerprint density at radius 1 is 0.820 bits per heavy atom. The van der Waals surface area contributed by atoms with Crippen molar-refractivity contribution >= 4 is 41.1 Å². The van der Waals surface area contributed by atoms with Crippen LogP contribution in [0.3, 0.4) is 0 Å². The topological polar surface area (TPSA) is 153 Å². The van der Waals surface area contributed by atoms with Gasteiger partial charge in [-0.1, -0.05) is 30.3 Å². The van der Waals surface area contributed by atoms with Gasteiger partial charge in [0.25, 0.3) is 0 Å². The van der Waals surface area contributed by atoms with Crippen LogP contribution in [0.25, 0.3) is 5.65 Å². The van der Waals surface area contributed by atoms with E-state index < -0.39 is 40.8 Å². The Morgan fingerprint density at radius 2 is 1.42 bits per heavy atom. The molecule has 2 fully saturated rings. The van der Waals surface area contributed by atoms with Crippen molar-refractivity contribution in [2.24, 2.45) is 0 Å². The molecule has 2 aliphatic heterocycles. The van der Waals surface area contributed by atoms with Gasteiger partial charge < -0.3 is 33.6 Å². The third kappa shape index (κ3) is 8.26. The molecule has 0 atom stereocenters. The minimum absolute atomic E-state index is 0.0158. The Balaban J connectivity index is 1.55. The number of hydrogen-bond donors (Lipinski definition) is 0. The molecule has 268 valence electrons. The molecule has 1 aromatic carbocycles. The van der Waals surface area contributed by atoms with Crippen LogP contribution in [0.5, 0.6) is 5.75 Å². The van der Waals surface area contributed by atoms with E-state index in [-0.39, 0.29) is 49.0 Å². The molecule has 0 spiro atoms. The number of carbonyl (C=O) groups is 4. The lowest BCUT2D eigenvalue weighted by molar-refractivity contribution is -0.121. The third-order valence-corrected chi connectivity index (χ3v) is 7.91. The van der Waals surface area contributed by atoms with Crippen molar-refractivity contribution in [3.05, 3.63) is 64.2 Å². The molecule has 3 aromatic rings. The number of ether oxygens (including phenoxy) is 4. The molecule has 4 heterocycles. The van der Waals surface area contributed by atoms with E-state index in [4.69, 9.17) is 18.9 Å². The molecule has 15 heteroatoms. The Kier molecular flexibility index (Phi) is 10.2. The lowest BCUT2D eigenvalue weighted by Crippen LogP contribution is -2.53. The predicted molar refractivity (Wildman–Crippen MR) is 184 cm³/mol. The first kappa shape index (κ1) is 36.0. The SMILES string of the molecule is COC(=O)c1nc2c(N3CCN(C(=O)OC(C)(C)C)CC3=O)cc(N3CCN(C(=O)OC(C)(C)C)CC3)cn2c(=O)c1OCc1ccccc1. The number of methoxy groups -OCH3 is 1. The van der Waals surface area contributed by atoms with Crippen molar-refractivity contribution in [2.45, 2.75) is 59.4 Å². The van der Waals surface area contributed by atoms with Crippen LogP contribution >= 0.6 is 0 Å². The number of fused-ring (bicyclic) bond motifs is 1. The van der Waals surface area contributed by atoms with Gasteiger partial charge in [-0.3, -0.25) is 18.9 Å². The van der Waals surface area contributed by atoms with E-state index >= 15 is 0 Å². The summed E-state index contributed by atoms with van der Waals surface area (Å²) in [5, 5.41) is 0. The molecule has 0 bridgehead atoms. The Morgan fingerprint density at radius 3 is 2.00 bits per heavy atom. The zero-order chi connectivity index (χ0) is 36.4. The first-order valence-electron chi connectivity index (χ1n) is 16.4. The van der Waals surface area contributed by atoms with Crippen molar-refractivity contribution in [3.63, 3.8) is 0 Å². The zero-order valence-corrected chi connectivity index (χ0v) is 29.6. The lowest BCUT2D eigenvalue weighted by atomic mass is 10.2. The highest BCUT2D eigenvalue weighted by Gasteiger charge is 2.34. The molecule has 50 heavy (non-hydrogen) atoms. The molecular weight excluding hydrogens is 648 g/mol. The van der Waals surface area contributed by atoms with E-state index in [1.54, 1.807) is 37.9 Å². The number of benzene rings is 1. The molecule has 0 radical (unpaired) electrons. The summed E-state index contributed by atoms with van der Waals surface area (Å²) in [6.07, 6.45) is 0.546. The summed E-state index contributed by atoms with van der Waals surface area (Å²) in [6, 6.07) is 10.9. The van der Waals surface area contributed by atoms with Gasteiger partial charge in [0, 0.05) is 45.5 Å². The zero-order valence-electron chi connectivity index (χ0n) is 29.6. The number of nitrogens with zero attached hydrogens (tertiary/aromatic N) is 6.